The number of aryl methyl sites for hydroxylation is 2. The Hall–Kier alpha value is -3.02. The third-order valence-corrected chi connectivity index (χ3v) is 3.48. The van der Waals surface area contributed by atoms with Gasteiger partial charge in [-0.1, -0.05) is 12.1 Å². The number of nitrogens with zero attached hydrogens (tertiary/aromatic N) is 1. The third-order valence-electron chi connectivity index (χ3n) is 3.48. The number of methoxy groups -OCH3 is 2. The molecule has 0 aliphatic heterocycles. The fraction of sp³-hybridized carbons (Fsp3) is 0.263. The standard InChI is InChI=1S/C19H22N2O4/c1-13-5-6-14(2)18(7-13)25-12-19(22)21-20-11-15-8-16(23-3)10-17(9-15)24-4/h5-11H,12H2,1-4H3,(H,21,22)/b20-11-. The van der Waals surface area contributed by atoms with Crippen LogP contribution in [-0.2, 0) is 4.79 Å². The summed E-state index contributed by atoms with van der Waals surface area (Å²) in [5, 5.41) is 3.93. The first-order valence-corrected chi connectivity index (χ1v) is 7.77. The third kappa shape index (κ3) is 5.53. The molecule has 2 rings (SSSR count). The average Bonchev–Trinajstić information content (AvgIpc) is 2.62. The zero-order chi connectivity index (χ0) is 18.2. The van der Waals surface area contributed by atoms with Crippen molar-refractivity contribution in [2.24, 2.45) is 5.10 Å². The number of rotatable bonds is 7. The molecule has 0 saturated carbocycles. The van der Waals surface area contributed by atoms with E-state index in [2.05, 4.69) is 10.5 Å². The van der Waals surface area contributed by atoms with Crippen molar-refractivity contribution in [3.8, 4) is 17.2 Å². The lowest BCUT2D eigenvalue weighted by atomic mass is 10.1. The van der Waals surface area contributed by atoms with Gasteiger partial charge in [0.25, 0.3) is 5.91 Å². The lowest BCUT2D eigenvalue weighted by Gasteiger charge is -2.09. The molecule has 1 N–H and O–H groups in total. The number of amides is 1. The maximum absolute atomic E-state index is 11.8. The van der Waals surface area contributed by atoms with E-state index in [-0.39, 0.29) is 12.5 Å². The minimum atomic E-state index is -0.341. The molecule has 6 nitrogen and oxygen atoms in total. The summed E-state index contributed by atoms with van der Waals surface area (Å²) in [5.74, 6) is 1.64. The second kappa shape index (κ2) is 8.73. The van der Waals surface area contributed by atoms with Crippen LogP contribution in [0.4, 0.5) is 0 Å². The van der Waals surface area contributed by atoms with Crippen LogP contribution in [0.3, 0.4) is 0 Å². The molecule has 2 aromatic rings. The SMILES string of the molecule is COc1cc(/C=N\NC(=O)COc2cc(C)ccc2C)cc(OC)c1. The van der Waals surface area contributed by atoms with E-state index in [1.165, 1.54) is 6.21 Å². The quantitative estimate of drug-likeness (QED) is 0.620. The molecule has 0 saturated heterocycles. The van der Waals surface area contributed by atoms with E-state index in [4.69, 9.17) is 14.2 Å². The highest BCUT2D eigenvalue weighted by molar-refractivity contribution is 5.83. The maximum atomic E-state index is 11.8. The normalized spacial score (nSPS) is 10.6. The van der Waals surface area contributed by atoms with Crippen LogP contribution in [0.2, 0.25) is 0 Å². The minimum absolute atomic E-state index is 0.108. The second-order valence-corrected chi connectivity index (χ2v) is 5.50. The van der Waals surface area contributed by atoms with E-state index in [1.54, 1.807) is 32.4 Å². The van der Waals surface area contributed by atoms with Crippen molar-refractivity contribution in [2.45, 2.75) is 13.8 Å². The maximum Gasteiger partial charge on any atom is 0.277 e. The van der Waals surface area contributed by atoms with Crippen LogP contribution in [0.5, 0.6) is 17.2 Å². The van der Waals surface area contributed by atoms with Gasteiger partial charge in [-0.25, -0.2) is 5.43 Å². The number of carbonyl (C=O) groups excluding carboxylic acids is 1. The van der Waals surface area contributed by atoms with Gasteiger partial charge in [-0.3, -0.25) is 4.79 Å². The molecule has 0 aliphatic carbocycles. The smallest absolute Gasteiger partial charge is 0.277 e. The van der Waals surface area contributed by atoms with Gasteiger partial charge in [0, 0.05) is 11.6 Å². The Morgan fingerprint density at radius 1 is 1.08 bits per heavy atom. The summed E-state index contributed by atoms with van der Waals surface area (Å²) in [6.07, 6.45) is 1.51. The van der Waals surface area contributed by atoms with Crippen LogP contribution in [0.1, 0.15) is 16.7 Å². The van der Waals surface area contributed by atoms with Gasteiger partial charge in [-0.2, -0.15) is 5.10 Å². The van der Waals surface area contributed by atoms with Crippen LogP contribution >= 0.6 is 0 Å². The van der Waals surface area contributed by atoms with Crippen LogP contribution in [0.25, 0.3) is 0 Å². The van der Waals surface area contributed by atoms with Crippen molar-refractivity contribution >= 4 is 12.1 Å². The zero-order valence-electron chi connectivity index (χ0n) is 14.8. The monoisotopic (exact) mass is 342 g/mol. The molecule has 2 aromatic carbocycles. The Kier molecular flexibility index (Phi) is 6.39. The number of hydrogen-bond acceptors (Lipinski definition) is 5. The van der Waals surface area contributed by atoms with Gasteiger partial charge in [0.1, 0.15) is 17.2 Å². The highest BCUT2D eigenvalue weighted by Crippen LogP contribution is 2.21. The lowest BCUT2D eigenvalue weighted by Crippen LogP contribution is -2.24. The molecule has 1 amide bonds. The predicted molar refractivity (Wildman–Crippen MR) is 96.7 cm³/mol. The zero-order valence-corrected chi connectivity index (χ0v) is 14.8. The lowest BCUT2D eigenvalue weighted by molar-refractivity contribution is -0.123. The molecule has 132 valence electrons. The summed E-state index contributed by atoms with van der Waals surface area (Å²) in [6, 6.07) is 11.2. The molecule has 0 fully saturated rings. The van der Waals surface area contributed by atoms with Crippen molar-refractivity contribution in [3.05, 3.63) is 53.1 Å². The summed E-state index contributed by atoms with van der Waals surface area (Å²) in [5.41, 5.74) is 5.23. The largest absolute Gasteiger partial charge is 0.497 e. The van der Waals surface area contributed by atoms with Crippen molar-refractivity contribution in [1.82, 2.24) is 5.43 Å². The Morgan fingerprint density at radius 2 is 1.76 bits per heavy atom. The second-order valence-electron chi connectivity index (χ2n) is 5.50. The average molecular weight is 342 g/mol. The highest BCUT2D eigenvalue weighted by atomic mass is 16.5. The van der Waals surface area contributed by atoms with Crippen LogP contribution in [0.15, 0.2) is 41.5 Å². The fourth-order valence-corrected chi connectivity index (χ4v) is 2.12. The van der Waals surface area contributed by atoms with Crippen molar-refractivity contribution < 1.29 is 19.0 Å². The highest BCUT2D eigenvalue weighted by Gasteiger charge is 2.05. The Bertz CT molecular complexity index is 750. The van der Waals surface area contributed by atoms with Crippen LogP contribution < -0.4 is 19.6 Å². The molecule has 0 unspecified atom stereocenters. The summed E-state index contributed by atoms with van der Waals surface area (Å²) in [4.78, 5) is 11.8. The molecule has 0 aliphatic rings. The summed E-state index contributed by atoms with van der Waals surface area (Å²) in [7, 11) is 3.14. The topological polar surface area (TPSA) is 69.2 Å². The van der Waals surface area contributed by atoms with E-state index < -0.39 is 0 Å². The number of carbonyl (C=O) groups is 1. The molecule has 0 bridgehead atoms. The van der Waals surface area contributed by atoms with Gasteiger partial charge in [0.2, 0.25) is 0 Å². The van der Waals surface area contributed by atoms with Gasteiger partial charge >= 0.3 is 0 Å². The molecular weight excluding hydrogens is 320 g/mol. The molecule has 0 atom stereocenters. The van der Waals surface area contributed by atoms with E-state index in [9.17, 15) is 4.79 Å². The van der Waals surface area contributed by atoms with Gasteiger partial charge < -0.3 is 14.2 Å². The van der Waals surface area contributed by atoms with Crippen molar-refractivity contribution in [2.75, 3.05) is 20.8 Å². The number of benzene rings is 2. The first kappa shape index (κ1) is 18.3. The Balaban J connectivity index is 1.91. The molecular formula is C19H22N2O4. The van der Waals surface area contributed by atoms with Crippen molar-refractivity contribution in [1.29, 1.82) is 0 Å². The summed E-state index contributed by atoms with van der Waals surface area (Å²) < 4.78 is 15.9. The molecule has 25 heavy (non-hydrogen) atoms. The van der Waals surface area contributed by atoms with Crippen molar-refractivity contribution in [3.63, 3.8) is 0 Å². The number of ether oxygens (including phenoxy) is 3. The Morgan fingerprint density at radius 3 is 2.40 bits per heavy atom. The van der Waals surface area contributed by atoms with Crippen LogP contribution in [0, 0.1) is 13.8 Å². The summed E-state index contributed by atoms with van der Waals surface area (Å²) in [6.45, 7) is 3.79. The first-order valence-electron chi connectivity index (χ1n) is 7.77. The fourth-order valence-electron chi connectivity index (χ4n) is 2.12. The molecule has 0 radical (unpaired) electrons. The number of hydrogen-bond donors (Lipinski definition) is 1. The molecule has 6 heteroatoms. The van der Waals surface area contributed by atoms with Gasteiger partial charge in [-0.05, 0) is 43.2 Å². The van der Waals surface area contributed by atoms with Gasteiger partial charge in [0.05, 0.1) is 20.4 Å². The van der Waals surface area contributed by atoms with E-state index in [0.29, 0.717) is 17.2 Å². The number of nitrogens with one attached hydrogen (secondary N) is 1. The molecule has 0 aromatic heterocycles. The van der Waals surface area contributed by atoms with Gasteiger partial charge in [-0.15, -0.1) is 0 Å². The minimum Gasteiger partial charge on any atom is -0.497 e. The first-order chi connectivity index (χ1) is 12.0. The molecule has 0 heterocycles. The van der Waals surface area contributed by atoms with Crippen LogP contribution in [-0.4, -0.2) is 32.9 Å². The Labute approximate surface area is 147 Å². The number of hydrazone groups is 1. The van der Waals surface area contributed by atoms with E-state index >= 15 is 0 Å². The molecule has 0 spiro atoms. The summed E-state index contributed by atoms with van der Waals surface area (Å²) >= 11 is 0. The van der Waals surface area contributed by atoms with E-state index in [0.717, 1.165) is 16.7 Å². The van der Waals surface area contributed by atoms with E-state index in [1.807, 2.05) is 32.0 Å². The predicted octanol–water partition coefficient (Wildman–Crippen LogP) is 2.85. The van der Waals surface area contributed by atoms with Gasteiger partial charge in [0.15, 0.2) is 6.61 Å².